The van der Waals surface area contributed by atoms with Crippen molar-refractivity contribution in [3.05, 3.63) is 22.7 Å². The topological polar surface area (TPSA) is 81.4 Å². The highest BCUT2D eigenvalue weighted by Crippen LogP contribution is 2.23. The quantitative estimate of drug-likeness (QED) is 0.787. The minimum absolute atomic E-state index is 0.108. The lowest BCUT2D eigenvalue weighted by atomic mass is 10.1. The fourth-order valence-corrected chi connectivity index (χ4v) is 3.92. The van der Waals surface area contributed by atoms with Crippen LogP contribution in [0, 0.1) is 0 Å². The zero-order valence-corrected chi connectivity index (χ0v) is 13.5. The predicted octanol–water partition coefficient (Wildman–Crippen LogP) is 2.27. The number of hydrogen-bond donors (Lipinski definition) is 2. The summed E-state index contributed by atoms with van der Waals surface area (Å²) < 4.78 is 33.2. The first-order chi connectivity index (χ1) is 9.49. The van der Waals surface area contributed by atoms with Gasteiger partial charge in [0.15, 0.2) is 0 Å². The van der Waals surface area contributed by atoms with Crippen LogP contribution in [-0.4, -0.2) is 27.7 Å². The normalized spacial score (nSPS) is 19.9. The number of ether oxygens (including phenoxy) is 1. The van der Waals surface area contributed by atoms with Gasteiger partial charge >= 0.3 is 0 Å². The van der Waals surface area contributed by atoms with Crippen molar-refractivity contribution in [3.63, 3.8) is 0 Å². The first-order valence-electron chi connectivity index (χ1n) is 6.65. The van der Waals surface area contributed by atoms with Gasteiger partial charge in [-0.25, -0.2) is 13.1 Å². The maximum Gasteiger partial charge on any atom is 0.242 e. The number of benzene rings is 1. The van der Waals surface area contributed by atoms with Crippen LogP contribution in [0.15, 0.2) is 27.6 Å². The van der Waals surface area contributed by atoms with Gasteiger partial charge in [-0.05, 0) is 43.9 Å². The lowest BCUT2D eigenvalue weighted by molar-refractivity contribution is 0.0123. The van der Waals surface area contributed by atoms with Crippen LogP contribution in [0.4, 0.5) is 5.69 Å². The van der Waals surface area contributed by atoms with E-state index >= 15 is 0 Å². The third-order valence-corrected chi connectivity index (χ3v) is 5.31. The van der Waals surface area contributed by atoms with E-state index in [2.05, 4.69) is 20.7 Å². The summed E-state index contributed by atoms with van der Waals surface area (Å²) in [5.41, 5.74) is 5.97. The van der Waals surface area contributed by atoms with Gasteiger partial charge in [-0.2, -0.15) is 0 Å². The van der Waals surface area contributed by atoms with Crippen molar-refractivity contribution in [1.82, 2.24) is 4.72 Å². The molecule has 1 aliphatic heterocycles. The van der Waals surface area contributed by atoms with E-state index in [4.69, 9.17) is 10.5 Å². The van der Waals surface area contributed by atoms with E-state index in [0.29, 0.717) is 17.4 Å². The monoisotopic (exact) mass is 362 g/mol. The second-order valence-corrected chi connectivity index (χ2v) is 7.51. The molecule has 7 heteroatoms. The first-order valence-corrected chi connectivity index (χ1v) is 8.93. The summed E-state index contributed by atoms with van der Waals surface area (Å²) in [5, 5.41) is 0. The zero-order chi connectivity index (χ0) is 14.6. The van der Waals surface area contributed by atoms with Crippen LogP contribution >= 0.6 is 15.9 Å². The maximum atomic E-state index is 12.2. The Balaban J connectivity index is 1.95. The van der Waals surface area contributed by atoms with Crippen molar-refractivity contribution in [2.45, 2.75) is 36.7 Å². The Morgan fingerprint density at radius 1 is 1.40 bits per heavy atom. The highest BCUT2D eigenvalue weighted by Gasteiger charge is 2.19. The molecule has 0 aromatic heterocycles. The van der Waals surface area contributed by atoms with Crippen LogP contribution in [0.1, 0.15) is 25.7 Å². The fourth-order valence-electron chi connectivity index (χ4n) is 2.21. The Hall–Kier alpha value is -0.630. The number of sulfonamides is 1. The number of nitrogens with one attached hydrogen (secondary N) is 1. The highest BCUT2D eigenvalue weighted by atomic mass is 79.9. The molecule has 0 saturated carbocycles. The minimum atomic E-state index is -3.57. The Kier molecular flexibility index (Phi) is 5.42. The molecule has 5 nitrogen and oxygen atoms in total. The molecule has 0 radical (unpaired) electrons. The average Bonchev–Trinajstić information content (AvgIpc) is 2.42. The number of halogens is 1. The van der Waals surface area contributed by atoms with E-state index in [-0.39, 0.29) is 16.7 Å². The van der Waals surface area contributed by atoms with Crippen molar-refractivity contribution >= 4 is 31.6 Å². The van der Waals surface area contributed by atoms with Gasteiger partial charge in [-0.3, -0.25) is 0 Å². The van der Waals surface area contributed by atoms with Crippen LogP contribution in [0.3, 0.4) is 0 Å². The summed E-state index contributed by atoms with van der Waals surface area (Å²) in [6.45, 7) is 1.13. The molecule has 112 valence electrons. The van der Waals surface area contributed by atoms with Gasteiger partial charge in [0.1, 0.15) is 4.90 Å². The molecule has 1 atom stereocenters. The van der Waals surface area contributed by atoms with Gasteiger partial charge in [0.05, 0.1) is 11.8 Å². The molecule has 1 aromatic rings. The third-order valence-electron chi connectivity index (χ3n) is 3.30. The Morgan fingerprint density at radius 2 is 2.20 bits per heavy atom. The largest absolute Gasteiger partial charge is 0.398 e. The van der Waals surface area contributed by atoms with E-state index in [1.165, 1.54) is 6.07 Å². The molecule has 1 saturated heterocycles. The molecule has 20 heavy (non-hydrogen) atoms. The smallest absolute Gasteiger partial charge is 0.242 e. The van der Waals surface area contributed by atoms with E-state index in [1.54, 1.807) is 12.1 Å². The molecule has 3 N–H and O–H groups in total. The van der Waals surface area contributed by atoms with Crippen molar-refractivity contribution < 1.29 is 13.2 Å². The molecular weight excluding hydrogens is 344 g/mol. The molecule has 0 spiro atoms. The molecule has 1 unspecified atom stereocenters. The molecule has 0 amide bonds. The van der Waals surface area contributed by atoms with Crippen LogP contribution < -0.4 is 10.5 Å². The van der Waals surface area contributed by atoms with Crippen LogP contribution in [0.2, 0.25) is 0 Å². The average molecular weight is 363 g/mol. The lowest BCUT2D eigenvalue weighted by Crippen LogP contribution is -2.30. The van der Waals surface area contributed by atoms with Gasteiger partial charge < -0.3 is 10.5 Å². The number of rotatable bonds is 5. The predicted molar refractivity (Wildman–Crippen MR) is 82.0 cm³/mol. The number of anilines is 1. The Morgan fingerprint density at radius 3 is 2.90 bits per heavy atom. The summed E-state index contributed by atoms with van der Waals surface area (Å²) in [6, 6.07) is 4.79. The molecule has 1 heterocycles. The van der Waals surface area contributed by atoms with Crippen LogP contribution in [0.25, 0.3) is 0 Å². The second kappa shape index (κ2) is 6.89. The number of nitrogen functional groups attached to an aromatic ring is 1. The van der Waals surface area contributed by atoms with Crippen LogP contribution in [0.5, 0.6) is 0 Å². The van der Waals surface area contributed by atoms with E-state index in [9.17, 15) is 8.42 Å². The summed E-state index contributed by atoms with van der Waals surface area (Å²) in [7, 11) is -3.57. The van der Waals surface area contributed by atoms with E-state index in [0.717, 1.165) is 25.9 Å². The lowest BCUT2D eigenvalue weighted by Gasteiger charge is -2.22. The zero-order valence-electron chi connectivity index (χ0n) is 11.1. The third kappa shape index (κ3) is 4.18. The second-order valence-electron chi connectivity index (χ2n) is 4.86. The van der Waals surface area contributed by atoms with Crippen molar-refractivity contribution in [3.8, 4) is 0 Å². The summed E-state index contributed by atoms with van der Waals surface area (Å²) in [5.74, 6) is 0. The van der Waals surface area contributed by atoms with Crippen molar-refractivity contribution in [2.75, 3.05) is 18.9 Å². The first kappa shape index (κ1) is 15.8. The van der Waals surface area contributed by atoms with Crippen LogP contribution in [-0.2, 0) is 14.8 Å². The van der Waals surface area contributed by atoms with E-state index < -0.39 is 10.0 Å². The minimum Gasteiger partial charge on any atom is -0.398 e. The number of hydrogen-bond acceptors (Lipinski definition) is 4. The van der Waals surface area contributed by atoms with Gasteiger partial charge in [-0.1, -0.05) is 15.9 Å². The Bertz CT molecular complexity index is 557. The van der Waals surface area contributed by atoms with Crippen molar-refractivity contribution in [1.29, 1.82) is 0 Å². The summed E-state index contributed by atoms with van der Waals surface area (Å²) in [4.78, 5) is 0.108. The van der Waals surface area contributed by atoms with E-state index in [1.807, 2.05) is 0 Å². The fraction of sp³-hybridized carbons (Fsp3) is 0.538. The van der Waals surface area contributed by atoms with Gasteiger partial charge in [0.25, 0.3) is 0 Å². The van der Waals surface area contributed by atoms with Crippen molar-refractivity contribution in [2.24, 2.45) is 0 Å². The van der Waals surface area contributed by atoms with Gasteiger partial charge in [0.2, 0.25) is 10.0 Å². The molecule has 1 aromatic carbocycles. The summed E-state index contributed by atoms with van der Waals surface area (Å²) in [6.07, 6.45) is 4.09. The standard InChI is InChI=1S/C13H19BrN2O3S/c14-10-4-5-12(15)13(9-10)20(17,18)16-7-6-11-3-1-2-8-19-11/h4-5,9,11,16H,1-3,6-8,15H2. The molecule has 0 aliphatic carbocycles. The molecular formula is C13H19BrN2O3S. The highest BCUT2D eigenvalue weighted by molar-refractivity contribution is 9.10. The SMILES string of the molecule is Nc1ccc(Br)cc1S(=O)(=O)NCCC1CCCCO1. The number of nitrogens with two attached hydrogens (primary N) is 1. The van der Waals surface area contributed by atoms with Gasteiger partial charge in [-0.15, -0.1) is 0 Å². The molecule has 1 fully saturated rings. The summed E-state index contributed by atoms with van der Waals surface area (Å²) >= 11 is 3.25. The molecule has 2 rings (SSSR count). The molecule has 0 bridgehead atoms. The Labute approximate surface area is 128 Å². The molecule has 1 aliphatic rings. The maximum absolute atomic E-state index is 12.2. The van der Waals surface area contributed by atoms with Gasteiger partial charge in [0, 0.05) is 17.6 Å².